The molecule has 0 saturated heterocycles. The van der Waals surface area contributed by atoms with Crippen LogP contribution in [0.5, 0.6) is 0 Å². The second-order valence-corrected chi connectivity index (χ2v) is 8.37. The number of fused-ring (bicyclic) bond motifs is 1. The van der Waals surface area contributed by atoms with E-state index in [2.05, 4.69) is 28.5 Å². The highest BCUT2D eigenvalue weighted by Gasteiger charge is 2.30. The fourth-order valence-electron chi connectivity index (χ4n) is 4.46. The Balaban J connectivity index is 1.40. The first kappa shape index (κ1) is 19.8. The van der Waals surface area contributed by atoms with E-state index >= 15 is 0 Å². The van der Waals surface area contributed by atoms with E-state index < -0.39 is 5.82 Å². The molecule has 1 amide bonds. The number of para-hydroxylation sites is 1. The van der Waals surface area contributed by atoms with Gasteiger partial charge >= 0.3 is 0 Å². The third-order valence-electron chi connectivity index (χ3n) is 6.20. The average Bonchev–Trinajstić information content (AvgIpc) is 2.75. The number of halogens is 2. The van der Waals surface area contributed by atoms with Crippen LogP contribution in [-0.4, -0.2) is 10.9 Å². The summed E-state index contributed by atoms with van der Waals surface area (Å²) in [6.07, 6.45) is 5.95. The first-order valence-corrected chi connectivity index (χ1v) is 10.5. The van der Waals surface area contributed by atoms with Gasteiger partial charge in [0, 0.05) is 22.5 Å². The number of hydrogen-bond donors (Lipinski definition) is 1. The highest BCUT2D eigenvalue weighted by Crippen LogP contribution is 2.40. The fourth-order valence-corrected chi connectivity index (χ4v) is 4.61. The third-order valence-corrected chi connectivity index (χ3v) is 6.44. The standard InChI is InChI=1S/C24H24ClFN2O/c1-15(24(29)28-23-11-10-18(25)14-21(23)26)16-6-8-17(9-7-16)19-12-13-27-22-5-3-2-4-20(19)22/h2-5,10-17H,6-9H2,1H3,(H,28,29). The minimum atomic E-state index is -0.508. The van der Waals surface area contributed by atoms with E-state index in [0.29, 0.717) is 16.9 Å². The number of hydrogen-bond acceptors (Lipinski definition) is 2. The molecule has 3 nitrogen and oxygen atoms in total. The molecule has 5 heteroatoms. The van der Waals surface area contributed by atoms with Crippen molar-refractivity contribution >= 4 is 34.1 Å². The van der Waals surface area contributed by atoms with Gasteiger partial charge in [-0.2, -0.15) is 0 Å². The van der Waals surface area contributed by atoms with Crippen LogP contribution in [0, 0.1) is 17.7 Å². The Morgan fingerprint density at radius 2 is 1.90 bits per heavy atom. The Kier molecular flexibility index (Phi) is 5.81. The number of carbonyl (C=O) groups is 1. The van der Waals surface area contributed by atoms with Crippen LogP contribution in [0.25, 0.3) is 10.9 Å². The summed E-state index contributed by atoms with van der Waals surface area (Å²) in [6.45, 7) is 1.94. The van der Waals surface area contributed by atoms with Crippen molar-refractivity contribution in [1.82, 2.24) is 4.98 Å². The summed E-state index contributed by atoms with van der Waals surface area (Å²) in [5, 5.41) is 4.26. The van der Waals surface area contributed by atoms with Crippen LogP contribution in [0.3, 0.4) is 0 Å². The Morgan fingerprint density at radius 3 is 2.66 bits per heavy atom. The molecule has 0 spiro atoms. The topological polar surface area (TPSA) is 42.0 Å². The lowest BCUT2D eigenvalue weighted by atomic mass is 9.73. The number of aromatic nitrogens is 1. The molecular formula is C24H24ClFN2O. The number of nitrogens with zero attached hydrogens (tertiary/aromatic N) is 1. The fraction of sp³-hybridized carbons (Fsp3) is 0.333. The van der Waals surface area contributed by atoms with Gasteiger partial charge in [-0.25, -0.2) is 4.39 Å². The van der Waals surface area contributed by atoms with Gasteiger partial charge in [-0.15, -0.1) is 0 Å². The Bertz CT molecular complexity index is 1030. The van der Waals surface area contributed by atoms with Gasteiger partial charge in [-0.3, -0.25) is 9.78 Å². The third kappa shape index (κ3) is 4.27. The van der Waals surface area contributed by atoms with Gasteiger partial charge in [0.15, 0.2) is 0 Å². The SMILES string of the molecule is CC(C(=O)Nc1ccc(Cl)cc1F)C1CCC(c2ccnc3ccccc23)CC1. The van der Waals surface area contributed by atoms with Gasteiger partial charge in [-0.1, -0.05) is 36.7 Å². The number of rotatable bonds is 4. The second-order valence-electron chi connectivity index (χ2n) is 7.93. The maximum Gasteiger partial charge on any atom is 0.227 e. The largest absolute Gasteiger partial charge is 0.323 e. The highest BCUT2D eigenvalue weighted by molar-refractivity contribution is 6.30. The number of pyridine rings is 1. The predicted octanol–water partition coefficient (Wildman–Crippen LogP) is 6.58. The van der Waals surface area contributed by atoms with Crippen molar-refractivity contribution in [3.8, 4) is 0 Å². The van der Waals surface area contributed by atoms with Gasteiger partial charge in [-0.05, 0) is 73.4 Å². The smallest absolute Gasteiger partial charge is 0.227 e. The number of benzene rings is 2. The molecule has 1 aromatic heterocycles. The quantitative estimate of drug-likeness (QED) is 0.528. The summed E-state index contributed by atoms with van der Waals surface area (Å²) in [5.74, 6) is -0.0200. The van der Waals surface area contributed by atoms with Crippen molar-refractivity contribution in [3.05, 3.63) is 71.1 Å². The molecule has 1 aliphatic rings. The zero-order valence-electron chi connectivity index (χ0n) is 16.4. The molecule has 2 aromatic carbocycles. The van der Waals surface area contributed by atoms with Gasteiger partial charge < -0.3 is 5.32 Å². The molecule has 3 aromatic rings. The molecule has 4 rings (SSSR count). The first-order chi connectivity index (χ1) is 14.0. The van der Waals surface area contributed by atoms with E-state index in [9.17, 15) is 9.18 Å². The number of nitrogens with one attached hydrogen (secondary N) is 1. The molecule has 1 unspecified atom stereocenters. The Morgan fingerprint density at radius 1 is 1.14 bits per heavy atom. The summed E-state index contributed by atoms with van der Waals surface area (Å²) in [4.78, 5) is 17.1. The molecule has 1 atom stereocenters. The average molecular weight is 411 g/mol. The number of amides is 1. The lowest BCUT2D eigenvalue weighted by molar-refractivity contribution is -0.121. The lowest BCUT2D eigenvalue weighted by Crippen LogP contribution is -2.30. The van der Waals surface area contributed by atoms with E-state index in [1.165, 1.54) is 23.1 Å². The molecular weight excluding hydrogens is 387 g/mol. The number of anilines is 1. The van der Waals surface area contributed by atoms with Gasteiger partial charge in [0.05, 0.1) is 11.2 Å². The molecule has 150 valence electrons. The van der Waals surface area contributed by atoms with E-state index in [-0.39, 0.29) is 17.5 Å². The van der Waals surface area contributed by atoms with Crippen molar-refractivity contribution in [2.24, 2.45) is 11.8 Å². The van der Waals surface area contributed by atoms with Gasteiger partial charge in [0.25, 0.3) is 0 Å². The summed E-state index contributed by atoms with van der Waals surface area (Å²) in [7, 11) is 0. The monoisotopic (exact) mass is 410 g/mol. The second kappa shape index (κ2) is 8.50. The maximum atomic E-state index is 14.0. The van der Waals surface area contributed by atoms with E-state index in [4.69, 9.17) is 11.6 Å². The highest BCUT2D eigenvalue weighted by atomic mass is 35.5. The van der Waals surface area contributed by atoms with Crippen molar-refractivity contribution in [3.63, 3.8) is 0 Å². The zero-order chi connectivity index (χ0) is 20.4. The van der Waals surface area contributed by atoms with Crippen molar-refractivity contribution in [1.29, 1.82) is 0 Å². The van der Waals surface area contributed by atoms with Crippen molar-refractivity contribution in [2.75, 3.05) is 5.32 Å². The summed E-state index contributed by atoms with van der Waals surface area (Å²) < 4.78 is 14.0. The van der Waals surface area contributed by atoms with Crippen molar-refractivity contribution < 1.29 is 9.18 Å². The molecule has 1 aliphatic carbocycles. The molecule has 0 aliphatic heterocycles. The minimum Gasteiger partial charge on any atom is -0.323 e. The van der Waals surface area contributed by atoms with Gasteiger partial charge in [0.1, 0.15) is 5.82 Å². The maximum absolute atomic E-state index is 14.0. The molecule has 29 heavy (non-hydrogen) atoms. The van der Waals surface area contributed by atoms with E-state index in [1.807, 2.05) is 25.3 Å². The van der Waals surface area contributed by atoms with Crippen molar-refractivity contribution in [2.45, 2.75) is 38.5 Å². The lowest BCUT2D eigenvalue weighted by Gasteiger charge is -2.32. The van der Waals surface area contributed by atoms with Crippen LogP contribution in [0.1, 0.15) is 44.1 Å². The van der Waals surface area contributed by atoms with Crippen LogP contribution in [0.15, 0.2) is 54.7 Å². The van der Waals surface area contributed by atoms with Crippen LogP contribution >= 0.6 is 11.6 Å². The predicted molar refractivity (Wildman–Crippen MR) is 116 cm³/mol. The Labute approximate surface area is 175 Å². The van der Waals surface area contributed by atoms with E-state index in [1.54, 1.807) is 6.07 Å². The Hall–Kier alpha value is -2.46. The zero-order valence-corrected chi connectivity index (χ0v) is 17.1. The molecule has 0 bridgehead atoms. The van der Waals surface area contributed by atoms with Crippen LogP contribution in [0.4, 0.5) is 10.1 Å². The van der Waals surface area contributed by atoms with Crippen LogP contribution in [0.2, 0.25) is 5.02 Å². The number of carbonyl (C=O) groups excluding carboxylic acids is 1. The first-order valence-electron chi connectivity index (χ1n) is 10.1. The molecule has 1 heterocycles. The van der Waals surface area contributed by atoms with Gasteiger partial charge in [0.2, 0.25) is 5.91 Å². The normalized spacial score (nSPS) is 20.4. The molecule has 0 radical (unpaired) electrons. The molecule has 1 N–H and O–H groups in total. The summed E-state index contributed by atoms with van der Waals surface area (Å²) >= 11 is 5.78. The molecule has 1 saturated carbocycles. The van der Waals surface area contributed by atoms with E-state index in [0.717, 1.165) is 31.2 Å². The van der Waals surface area contributed by atoms with Crippen LogP contribution < -0.4 is 5.32 Å². The minimum absolute atomic E-state index is 0.135. The molecule has 1 fully saturated rings. The van der Waals surface area contributed by atoms with Crippen LogP contribution in [-0.2, 0) is 4.79 Å². The summed E-state index contributed by atoms with van der Waals surface area (Å²) in [6, 6.07) is 14.7. The summed E-state index contributed by atoms with van der Waals surface area (Å²) in [5.41, 5.74) is 2.57.